The Morgan fingerprint density at radius 3 is 2.74 bits per heavy atom. The van der Waals surface area contributed by atoms with Gasteiger partial charge in [0.25, 0.3) is 0 Å². The maximum Gasteiger partial charge on any atom is 0.344 e. The Balaban J connectivity index is 2.11. The van der Waals surface area contributed by atoms with E-state index in [1.54, 1.807) is 0 Å². The number of rotatable bonds is 4. The molecule has 1 aromatic heterocycles. The second kappa shape index (κ2) is 5.71. The van der Waals surface area contributed by atoms with Crippen molar-refractivity contribution in [2.75, 3.05) is 18.2 Å². The minimum atomic E-state index is -0.474. The van der Waals surface area contributed by atoms with E-state index in [0.29, 0.717) is 17.1 Å². The fourth-order valence-electron chi connectivity index (χ4n) is 1.61. The summed E-state index contributed by atoms with van der Waals surface area (Å²) in [4.78, 5) is 11.6. The van der Waals surface area contributed by atoms with Crippen molar-refractivity contribution in [1.29, 1.82) is 0 Å². The van der Waals surface area contributed by atoms with Crippen LogP contribution in [0.1, 0.15) is 21.5 Å². The molecule has 5 nitrogen and oxygen atoms in total. The number of nitrogens with two attached hydrogens (primary N) is 1. The number of aryl methyl sites for hydroxylation is 1. The molecule has 0 saturated heterocycles. The van der Waals surface area contributed by atoms with Crippen LogP contribution in [0.25, 0.3) is 0 Å². The monoisotopic (exact) mass is 277 g/mol. The first-order valence-corrected chi connectivity index (χ1v) is 6.52. The van der Waals surface area contributed by atoms with Gasteiger partial charge in [-0.25, -0.2) is 4.79 Å². The molecule has 1 heterocycles. The first-order chi connectivity index (χ1) is 9.11. The largest absolute Gasteiger partial charge is 0.465 e. The summed E-state index contributed by atoms with van der Waals surface area (Å²) in [5.74, 6) is -0.277. The highest BCUT2D eigenvalue weighted by atomic mass is 32.1. The molecule has 0 aliphatic heterocycles. The molecule has 0 bridgehead atoms. The molecule has 2 rings (SSSR count). The topological polar surface area (TPSA) is 77.2 Å². The van der Waals surface area contributed by atoms with Crippen LogP contribution >= 0.6 is 11.5 Å². The normalized spacial score (nSPS) is 10.2. The van der Waals surface area contributed by atoms with Gasteiger partial charge in [-0.15, -0.1) is 0 Å². The van der Waals surface area contributed by atoms with Crippen LogP contribution in [0, 0.1) is 6.92 Å². The van der Waals surface area contributed by atoms with Gasteiger partial charge >= 0.3 is 5.97 Å². The van der Waals surface area contributed by atoms with Crippen molar-refractivity contribution in [2.24, 2.45) is 0 Å². The molecule has 100 valence electrons. The smallest absolute Gasteiger partial charge is 0.344 e. The Morgan fingerprint density at radius 2 is 2.11 bits per heavy atom. The zero-order chi connectivity index (χ0) is 13.8. The molecule has 0 aliphatic carbocycles. The van der Waals surface area contributed by atoms with Gasteiger partial charge in [0.05, 0.1) is 7.11 Å². The number of anilines is 2. The zero-order valence-electron chi connectivity index (χ0n) is 10.8. The average Bonchev–Trinajstić information content (AvgIpc) is 2.78. The van der Waals surface area contributed by atoms with Gasteiger partial charge in [-0.05, 0) is 24.0 Å². The zero-order valence-corrected chi connectivity index (χ0v) is 11.6. The molecule has 0 unspecified atom stereocenters. The number of benzene rings is 1. The summed E-state index contributed by atoms with van der Waals surface area (Å²) in [5.41, 5.74) is 8.30. The van der Waals surface area contributed by atoms with Crippen molar-refractivity contribution in [3.63, 3.8) is 0 Å². The van der Waals surface area contributed by atoms with E-state index in [-0.39, 0.29) is 5.82 Å². The van der Waals surface area contributed by atoms with E-state index in [1.807, 2.05) is 31.2 Å². The van der Waals surface area contributed by atoms with Crippen LogP contribution in [0.3, 0.4) is 0 Å². The lowest BCUT2D eigenvalue weighted by molar-refractivity contribution is 0.0603. The third kappa shape index (κ3) is 3.03. The van der Waals surface area contributed by atoms with Gasteiger partial charge in [-0.1, -0.05) is 29.8 Å². The predicted octanol–water partition coefficient (Wildman–Crippen LogP) is 2.43. The van der Waals surface area contributed by atoms with Gasteiger partial charge in [-0.3, -0.25) is 0 Å². The second-order valence-corrected chi connectivity index (χ2v) is 4.88. The fourth-order valence-corrected chi connectivity index (χ4v) is 2.31. The number of nitrogens with one attached hydrogen (secondary N) is 1. The highest BCUT2D eigenvalue weighted by Crippen LogP contribution is 2.27. The number of hydrogen-bond donors (Lipinski definition) is 2. The van der Waals surface area contributed by atoms with Crippen LogP contribution < -0.4 is 11.1 Å². The van der Waals surface area contributed by atoms with Crippen molar-refractivity contribution in [2.45, 2.75) is 13.5 Å². The van der Waals surface area contributed by atoms with E-state index >= 15 is 0 Å². The predicted molar refractivity (Wildman–Crippen MR) is 76.4 cm³/mol. The fraction of sp³-hybridized carbons (Fsp3) is 0.231. The molecule has 6 heteroatoms. The summed E-state index contributed by atoms with van der Waals surface area (Å²) >= 11 is 1.16. The number of aromatic nitrogens is 1. The van der Waals surface area contributed by atoms with Crippen LogP contribution in [0.5, 0.6) is 0 Å². The molecule has 0 radical (unpaired) electrons. The molecule has 3 N–H and O–H groups in total. The lowest BCUT2D eigenvalue weighted by Crippen LogP contribution is -2.08. The van der Waals surface area contributed by atoms with Crippen LogP contribution in [0.15, 0.2) is 24.3 Å². The van der Waals surface area contributed by atoms with Crippen LogP contribution in [0.2, 0.25) is 0 Å². The van der Waals surface area contributed by atoms with E-state index in [9.17, 15) is 4.79 Å². The van der Waals surface area contributed by atoms with Gasteiger partial charge < -0.3 is 15.8 Å². The number of methoxy groups -OCH3 is 1. The molecule has 0 aliphatic rings. The minimum absolute atomic E-state index is 0.197. The first kappa shape index (κ1) is 13.4. The van der Waals surface area contributed by atoms with Gasteiger partial charge in [-0.2, -0.15) is 4.37 Å². The maximum atomic E-state index is 11.6. The molecule has 0 atom stereocenters. The molecular weight excluding hydrogens is 262 g/mol. The summed E-state index contributed by atoms with van der Waals surface area (Å²) in [6, 6.07) is 8.15. The number of hydrogen-bond acceptors (Lipinski definition) is 6. The highest BCUT2D eigenvalue weighted by molar-refractivity contribution is 7.11. The Bertz CT molecular complexity index is 578. The molecule has 0 saturated carbocycles. The SMILES string of the molecule is COC(=O)c1c(N)nsc1NCc1ccc(C)cc1. The third-order valence-electron chi connectivity index (χ3n) is 2.68. The Kier molecular flexibility index (Phi) is 4.01. The summed E-state index contributed by atoms with van der Waals surface area (Å²) in [7, 11) is 1.32. The van der Waals surface area contributed by atoms with Crippen molar-refractivity contribution in [3.05, 3.63) is 41.0 Å². The molecule has 19 heavy (non-hydrogen) atoms. The number of ether oxygens (including phenoxy) is 1. The average molecular weight is 277 g/mol. The summed E-state index contributed by atoms with van der Waals surface area (Å²) in [6.45, 7) is 2.64. The second-order valence-electron chi connectivity index (χ2n) is 4.10. The Morgan fingerprint density at radius 1 is 1.42 bits per heavy atom. The van der Waals surface area contributed by atoms with Crippen LogP contribution in [-0.4, -0.2) is 17.5 Å². The van der Waals surface area contributed by atoms with Crippen molar-refractivity contribution in [1.82, 2.24) is 4.37 Å². The molecule has 1 aromatic carbocycles. The minimum Gasteiger partial charge on any atom is -0.465 e. The standard InChI is InChI=1S/C13H15N3O2S/c1-8-3-5-9(6-4-8)7-15-12-10(13(17)18-2)11(14)16-19-12/h3-6,15H,7H2,1-2H3,(H2,14,16). The quantitative estimate of drug-likeness (QED) is 0.839. The maximum absolute atomic E-state index is 11.6. The van der Waals surface area contributed by atoms with Gasteiger partial charge in [0.1, 0.15) is 10.6 Å². The number of nitrogens with zero attached hydrogens (tertiary/aromatic N) is 1. The molecule has 0 fully saturated rings. The number of esters is 1. The highest BCUT2D eigenvalue weighted by Gasteiger charge is 2.19. The molecular formula is C13H15N3O2S. The van der Waals surface area contributed by atoms with Crippen LogP contribution in [0.4, 0.5) is 10.8 Å². The molecule has 2 aromatic rings. The van der Waals surface area contributed by atoms with E-state index in [0.717, 1.165) is 17.1 Å². The summed E-state index contributed by atoms with van der Waals surface area (Å²) in [6.07, 6.45) is 0. The van der Waals surface area contributed by atoms with Crippen molar-refractivity contribution >= 4 is 28.3 Å². The van der Waals surface area contributed by atoms with E-state index in [2.05, 4.69) is 9.69 Å². The lowest BCUT2D eigenvalue weighted by Gasteiger charge is -2.06. The molecule has 0 amide bonds. The Labute approximate surface area is 115 Å². The molecule has 0 spiro atoms. The lowest BCUT2D eigenvalue weighted by atomic mass is 10.1. The van der Waals surface area contributed by atoms with Crippen LogP contribution in [-0.2, 0) is 11.3 Å². The number of carbonyl (C=O) groups excluding carboxylic acids is 1. The van der Waals surface area contributed by atoms with E-state index < -0.39 is 5.97 Å². The van der Waals surface area contributed by atoms with Crippen molar-refractivity contribution in [3.8, 4) is 0 Å². The summed E-state index contributed by atoms with van der Waals surface area (Å²) < 4.78 is 8.66. The number of carbonyl (C=O) groups is 1. The Hall–Kier alpha value is -2.08. The summed E-state index contributed by atoms with van der Waals surface area (Å²) in [5, 5.41) is 3.79. The first-order valence-electron chi connectivity index (χ1n) is 5.74. The number of nitrogen functional groups attached to an aromatic ring is 1. The third-order valence-corrected chi connectivity index (χ3v) is 3.50. The van der Waals surface area contributed by atoms with E-state index in [4.69, 9.17) is 10.5 Å². The van der Waals surface area contributed by atoms with E-state index in [1.165, 1.54) is 12.7 Å². The van der Waals surface area contributed by atoms with Gasteiger partial charge in [0.15, 0.2) is 5.82 Å². The van der Waals surface area contributed by atoms with Crippen molar-refractivity contribution < 1.29 is 9.53 Å². The van der Waals surface area contributed by atoms with Gasteiger partial charge in [0.2, 0.25) is 0 Å². The van der Waals surface area contributed by atoms with Gasteiger partial charge in [0, 0.05) is 6.54 Å².